The molecule has 2 aromatic rings. The summed E-state index contributed by atoms with van der Waals surface area (Å²) in [6, 6.07) is 10.5. The zero-order valence-electron chi connectivity index (χ0n) is 10.9. The highest BCUT2D eigenvalue weighted by molar-refractivity contribution is 7.89. The van der Waals surface area contributed by atoms with Crippen LogP contribution in [0.3, 0.4) is 0 Å². The Balaban J connectivity index is 1.97. The van der Waals surface area contributed by atoms with Gasteiger partial charge in [0.1, 0.15) is 5.75 Å². The van der Waals surface area contributed by atoms with E-state index in [0.29, 0.717) is 16.8 Å². The monoisotopic (exact) mass is 304 g/mol. The summed E-state index contributed by atoms with van der Waals surface area (Å²) in [5.74, 6) is -0.159. The van der Waals surface area contributed by atoms with E-state index in [1.54, 1.807) is 12.1 Å². The number of nitrogens with two attached hydrogens (primary N) is 1. The summed E-state index contributed by atoms with van der Waals surface area (Å²) in [7, 11) is -3.76. The molecule has 21 heavy (non-hydrogen) atoms. The van der Waals surface area contributed by atoms with Crippen LogP contribution in [0.5, 0.6) is 5.75 Å². The van der Waals surface area contributed by atoms with E-state index in [1.165, 1.54) is 35.2 Å². The lowest BCUT2D eigenvalue weighted by atomic mass is 10.1. The molecule has 1 amide bonds. The molecule has 2 aromatic carbocycles. The topological polar surface area (TPSA) is 101 Å². The molecule has 1 aliphatic heterocycles. The Morgan fingerprint density at radius 3 is 2.33 bits per heavy atom. The Morgan fingerprint density at radius 2 is 1.76 bits per heavy atom. The van der Waals surface area contributed by atoms with Crippen molar-refractivity contribution in [1.29, 1.82) is 0 Å². The van der Waals surface area contributed by atoms with Crippen molar-refractivity contribution >= 4 is 21.6 Å². The first kappa shape index (κ1) is 13.6. The molecule has 3 N–H and O–H groups in total. The van der Waals surface area contributed by atoms with E-state index in [2.05, 4.69) is 0 Å². The van der Waals surface area contributed by atoms with Crippen LogP contribution in [0, 0.1) is 0 Å². The summed E-state index contributed by atoms with van der Waals surface area (Å²) in [6.45, 7) is 0.246. The standard InChI is InChI=1S/C14H12N2O4S/c15-21(19,20)10-6-4-9(5-7-10)16-8-12-11(14(16)18)2-1-3-13(12)17/h1-7,17H,8H2,(H2,15,19,20). The van der Waals surface area contributed by atoms with Crippen molar-refractivity contribution in [2.24, 2.45) is 5.14 Å². The molecule has 0 fully saturated rings. The molecule has 1 heterocycles. The summed E-state index contributed by atoms with van der Waals surface area (Å²) in [5, 5.41) is 14.8. The Morgan fingerprint density at radius 1 is 1.10 bits per heavy atom. The highest BCUT2D eigenvalue weighted by Gasteiger charge is 2.30. The third kappa shape index (κ3) is 2.26. The lowest BCUT2D eigenvalue weighted by Crippen LogP contribution is -2.23. The lowest BCUT2D eigenvalue weighted by Gasteiger charge is -2.15. The van der Waals surface area contributed by atoms with Gasteiger partial charge < -0.3 is 10.0 Å². The SMILES string of the molecule is NS(=O)(=O)c1ccc(N2Cc3c(O)cccc3C2=O)cc1. The first-order chi connectivity index (χ1) is 9.88. The predicted octanol–water partition coefficient (Wildman–Crippen LogP) is 1.20. The molecule has 0 saturated carbocycles. The van der Waals surface area contributed by atoms with E-state index in [1.807, 2.05) is 0 Å². The molecule has 1 aliphatic rings. The average Bonchev–Trinajstić information content (AvgIpc) is 2.77. The van der Waals surface area contributed by atoms with Gasteiger partial charge >= 0.3 is 0 Å². The first-order valence-electron chi connectivity index (χ1n) is 6.13. The number of hydrogen-bond acceptors (Lipinski definition) is 4. The molecule has 0 aliphatic carbocycles. The number of anilines is 1. The number of amides is 1. The number of carbonyl (C=O) groups excluding carboxylic acids is 1. The van der Waals surface area contributed by atoms with Gasteiger partial charge in [0.05, 0.1) is 11.4 Å². The van der Waals surface area contributed by atoms with Crippen molar-refractivity contribution in [3.63, 3.8) is 0 Å². The van der Waals surface area contributed by atoms with Crippen molar-refractivity contribution in [3.05, 3.63) is 53.6 Å². The van der Waals surface area contributed by atoms with E-state index in [0.717, 1.165) is 0 Å². The number of primary sulfonamides is 1. The minimum atomic E-state index is -3.76. The quantitative estimate of drug-likeness (QED) is 0.870. The van der Waals surface area contributed by atoms with Gasteiger partial charge in [-0.1, -0.05) is 6.07 Å². The van der Waals surface area contributed by atoms with Crippen LogP contribution in [0.25, 0.3) is 0 Å². The predicted molar refractivity (Wildman–Crippen MR) is 76.4 cm³/mol. The lowest BCUT2D eigenvalue weighted by molar-refractivity contribution is 0.0996. The summed E-state index contributed by atoms with van der Waals surface area (Å²) in [6.07, 6.45) is 0. The largest absolute Gasteiger partial charge is 0.508 e. The van der Waals surface area contributed by atoms with E-state index in [4.69, 9.17) is 5.14 Å². The smallest absolute Gasteiger partial charge is 0.259 e. The maximum Gasteiger partial charge on any atom is 0.259 e. The van der Waals surface area contributed by atoms with Crippen LogP contribution in [0.15, 0.2) is 47.4 Å². The molecule has 0 aromatic heterocycles. The number of fused-ring (bicyclic) bond motifs is 1. The van der Waals surface area contributed by atoms with E-state index >= 15 is 0 Å². The van der Waals surface area contributed by atoms with Gasteiger partial charge in [0.2, 0.25) is 10.0 Å². The number of sulfonamides is 1. The minimum Gasteiger partial charge on any atom is -0.508 e. The Kier molecular flexibility index (Phi) is 2.96. The number of nitrogens with zero attached hydrogens (tertiary/aromatic N) is 1. The van der Waals surface area contributed by atoms with Crippen LogP contribution in [-0.4, -0.2) is 19.4 Å². The van der Waals surface area contributed by atoms with Gasteiger partial charge in [-0.05, 0) is 36.4 Å². The summed E-state index contributed by atoms with van der Waals surface area (Å²) < 4.78 is 22.4. The number of carbonyl (C=O) groups is 1. The molecule has 0 saturated heterocycles. The van der Waals surface area contributed by atoms with Crippen LogP contribution < -0.4 is 10.0 Å². The molecule has 108 valence electrons. The third-order valence-electron chi connectivity index (χ3n) is 3.42. The third-order valence-corrected chi connectivity index (χ3v) is 4.35. The van der Waals surface area contributed by atoms with E-state index in [-0.39, 0.29) is 23.1 Å². The Bertz CT molecular complexity index is 829. The van der Waals surface area contributed by atoms with Gasteiger partial charge in [-0.3, -0.25) is 4.79 Å². The van der Waals surface area contributed by atoms with Gasteiger partial charge in [0.15, 0.2) is 0 Å². The van der Waals surface area contributed by atoms with Crippen molar-refractivity contribution < 1.29 is 18.3 Å². The van der Waals surface area contributed by atoms with Gasteiger partial charge in [-0.15, -0.1) is 0 Å². The average molecular weight is 304 g/mol. The van der Waals surface area contributed by atoms with Crippen LogP contribution in [0.4, 0.5) is 5.69 Å². The van der Waals surface area contributed by atoms with Gasteiger partial charge in [0, 0.05) is 16.8 Å². The molecule has 0 bridgehead atoms. The maximum atomic E-state index is 12.3. The molecule has 0 radical (unpaired) electrons. The molecule has 6 nitrogen and oxygen atoms in total. The van der Waals surface area contributed by atoms with Crippen LogP contribution in [0.2, 0.25) is 0 Å². The van der Waals surface area contributed by atoms with Crippen LogP contribution >= 0.6 is 0 Å². The fourth-order valence-electron chi connectivity index (χ4n) is 2.34. The number of phenolic OH excluding ortho intramolecular Hbond substituents is 1. The number of aromatic hydroxyl groups is 1. The number of rotatable bonds is 2. The van der Waals surface area contributed by atoms with Gasteiger partial charge in [0.25, 0.3) is 5.91 Å². The first-order valence-corrected chi connectivity index (χ1v) is 7.68. The zero-order chi connectivity index (χ0) is 15.2. The Hall–Kier alpha value is -2.38. The maximum absolute atomic E-state index is 12.3. The minimum absolute atomic E-state index is 0.0155. The molecular weight excluding hydrogens is 292 g/mol. The highest BCUT2D eigenvalue weighted by Crippen LogP contribution is 2.33. The van der Waals surface area contributed by atoms with E-state index < -0.39 is 10.0 Å². The van der Waals surface area contributed by atoms with Crippen LogP contribution in [-0.2, 0) is 16.6 Å². The van der Waals surface area contributed by atoms with Crippen LogP contribution in [0.1, 0.15) is 15.9 Å². The zero-order valence-corrected chi connectivity index (χ0v) is 11.7. The fourth-order valence-corrected chi connectivity index (χ4v) is 2.86. The van der Waals surface area contributed by atoms with E-state index in [9.17, 15) is 18.3 Å². The molecule has 0 unspecified atom stereocenters. The number of benzene rings is 2. The summed E-state index contributed by atoms with van der Waals surface area (Å²) >= 11 is 0. The van der Waals surface area contributed by atoms with Crippen molar-refractivity contribution in [1.82, 2.24) is 0 Å². The van der Waals surface area contributed by atoms with Crippen molar-refractivity contribution in [3.8, 4) is 5.75 Å². The molecule has 7 heteroatoms. The summed E-state index contributed by atoms with van der Waals surface area (Å²) in [4.78, 5) is 13.8. The van der Waals surface area contributed by atoms with Crippen molar-refractivity contribution in [2.45, 2.75) is 11.4 Å². The molecular formula is C14H12N2O4S. The molecule has 3 rings (SSSR count). The van der Waals surface area contributed by atoms with Gasteiger partial charge in [-0.25, -0.2) is 13.6 Å². The molecule has 0 atom stereocenters. The van der Waals surface area contributed by atoms with Crippen molar-refractivity contribution in [2.75, 3.05) is 4.90 Å². The highest BCUT2D eigenvalue weighted by atomic mass is 32.2. The number of hydrogen-bond donors (Lipinski definition) is 2. The second kappa shape index (κ2) is 4.57. The number of phenols is 1. The summed E-state index contributed by atoms with van der Waals surface area (Å²) in [5.41, 5.74) is 1.56. The fraction of sp³-hybridized carbons (Fsp3) is 0.0714. The second-order valence-corrected chi connectivity index (χ2v) is 6.29. The van der Waals surface area contributed by atoms with Gasteiger partial charge in [-0.2, -0.15) is 0 Å². The molecule has 0 spiro atoms. The second-order valence-electron chi connectivity index (χ2n) is 4.73. The Labute approximate surface area is 121 Å². The normalized spacial score (nSPS) is 14.3.